The van der Waals surface area contributed by atoms with Crippen molar-refractivity contribution in [1.82, 2.24) is 10.3 Å². The highest BCUT2D eigenvalue weighted by molar-refractivity contribution is 8.00. The lowest BCUT2D eigenvalue weighted by Crippen LogP contribution is -2.30. The van der Waals surface area contributed by atoms with Crippen LogP contribution in [0.2, 0.25) is 0 Å². The van der Waals surface area contributed by atoms with Crippen LogP contribution in [0.25, 0.3) is 17.0 Å². The number of thiophene rings is 1. The molecule has 0 atom stereocenters. The zero-order valence-electron chi connectivity index (χ0n) is 26.3. The molecule has 3 amide bonds. The van der Waals surface area contributed by atoms with Crippen LogP contribution in [0.5, 0.6) is 0 Å². The lowest BCUT2D eigenvalue weighted by Gasteiger charge is -2.12. The number of thioether (sulfide) groups is 1. The summed E-state index contributed by atoms with van der Waals surface area (Å²) < 4.78 is 5.31. The Morgan fingerprint density at radius 2 is 1.73 bits per heavy atom. The van der Waals surface area contributed by atoms with Gasteiger partial charge < -0.3 is 25.7 Å². The molecule has 2 heterocycles. The van der Waals surface area contributed by atoms with Crippen molar-refractivity contribution in [2.24, 2.45) is 0 Å². The maximum absolute atomic E-state index is 13.6. The Morgan fingerprint density at radius 1 is 0.938 bits per heavy atom. The van der Waals surface area contributed by atoms with Gasteiger partial charge in [0.2, 0.25) is 5.91 Å². The molecule has 0 fully saturated rings. The van der Waals surface area contributed by atoms with Crippen LogP contribution < -0.4 is 16.0 Å². The van der Waals surface area contributed by atoms with Crippen molar-refractivity contribution < 1.29 is 23.9 Å². The number of fused-ring (bicyclic) bond motifs is 2. The smallest absolute Gasteiger partial charge is 0.341 e. The van der Waals surface area contributed by atoms with Crippen molar-refractivity contribution in [2.75, 3.05) is 23.0 Å². The number of ether oxygens (including phenoxy) is 1. The monoisotopic (exact) mass is 678 g/mol. The molecule has 0 radical (unpaired) electrons. The number of carbonyl (C=O) groups excluding carboxylic acids is 4. The molecule has 1 aliphatic rings. The lowest BCUT2D eigenvalue weighted by atomic mass is 9.95. The highest BCUT2D eigenvalue weighted by atomic mass is 32.2. The van der Waals surface area contributed by atoms with E-state index in [0.29, 0.717) is 21.8 Å². The third kappa shape index (κ3) is 7.70. The summed E-state index contributed by atoms with van der Waals surface area (Å²) >= 11 is 2.76. The second-order valence-electron chi connectivity index (χ2n) is 11.1. The van der Waals surface area contributed by atoms with Gasteiger partial charge in [-0.25, -0.2) is 4.79 Å². The fraction of sp³-hybridized carbons (Fsp3) is 0.189. The first-order chi connectivity index (χ1) is 23.4. The highest BCUT2D eigenvalue weighted by Gasteiger charge is 2.27. The average molecular weight is 679 g/mol. The normalized spacial score (nSPS) is 12.6. The summed E-state index contributed by atoms with van der Waals surface area (Å²) in [5.74, 6) is -1.46. The number of nitrogens with one attached hydrogen (secondary N) is 4. The first kappa shape index (κ1) is 32.8. The van der Waals surface area contributed by atoms with E-state index < -0.39 is 17.8 Å². The van der Waals surface area contributed by atoms with Gasteiger partial charge in [-0.1, -0.05) is 42.5 Å². The molecule has 48 heavy (non-hydrogen) atoms. The molecule has 9 nitrogen and oxygen atoms in total. The fourth-order valence-corrected chi connectivity index (χ4v) is 7.61. The quantitative estimate of drug-likeness (QED) is 0.0654. The zero-order valence-corrected chi connectivity index (χ0v) is 27.9. The van der Waals surface area contributed by atoms with E-state index in [0.717, 1.165) is 57.5 Å². The molecule has 4 N–H and O–H groups in total. The summed E-state index contributed by atoms with van der Waals surface area (Å²) in [6, 6.07) is 23.5. The van der Waals surface area contributed by atoms with Crippen LogP contribution in [-0.2, 0) is 27.2 Å². The predicted octanol–water partition coefficient (Wildman–Crippen LogP) is 7.43. The highest BCUT2D eigenvalue weighted by Crippen LogP contribution is 2.39. The average Bonchev–Trinajstić information content (AvgIpc) is 3.68. The zero-order chi connectivity index (χ0) is 33.5. The van der Waals surface area contributed by atoms with Crippen molar-refractivity contribution in [3.63, 3.8) is 0 Å². The number of anilines is 2. The van der Waals surface area contributed by atoms with Crippen LogP contribution in [0, 0.1) is 0 Å². The lowest BCUT2D eigenvalue weighted by molar-refractivity contribution is -0.114. The van der Waals surface area contributed by atoms with Crippen LogP contribution in [0.15, 0.2) is 95.7 Å². The molecule has 6 rings (SSSR count). The van der Waals surface area contributed by atoms with Crippen molar-refractivity contribution in [3.05, 3.63) is 118 Å². The van der Waals surface area contributed by atoms with Gasteiger partial charge in [0.1, 0.15) is 10.7 Å². The van der Waals surface area contributed by atoms with Crippen molar-refractivity contribution in [3.8, 4) is 0 Å². The Bertz CT molecular complexity index is 2010. The molecule has 0 bridgehead atoms. The molecule has 11 heteroatoms. The number of esters is 1. The standard InChI is InChI=1S/C37H34N4O5S2/c1-2-46-37(45)33-28-16-7-9-18-31(28)48-36(33)41-32(42)22-47-26-14-10-13-25(20-26)39-35(44)30(40-34(43)23-11-4-3-5-12-23)19-24-21-38-29-17-8-6-15-27(24)29/h3-6,8,10-15,17,19-21,38H,2,7,9,16,18,22H2,1H3,(H,39,44)(H,40,43)(H,41,42)/b30-19-. The van der Waals surface area contributed by atoms with Crippen LogP contribution in [0.4, 0.5) is 10.7 Å². The summed E-state index contributed by atoms with van der Waals surface area (Å²) in [5.41, 5.74) is 4.12. The molecule has 2 aromatic heterocycles. The van der Waals surface area contributed by atoms with Crippen molar-refractivity contribution in [1.29, 1.82) is 0 Å². The molecular formula is C37H34N4O5S2. The number of para-hydroxylation sites is 1. The molecule has 3 aromatic carbocycles. The molecule has 244 valence electrons. The van der Waals surface area contributed by atoms with Crippen molar-refractivity contribution >= 4 is 74.5 Å². The molecule has 0 unspecified atom stereocenters. The van der Waals surface area contributed by atoms with Crippen LogP contribution in [0.3, 0.4) is 0 Å². The second kappa shape index (κ2) is 15.2. The minimum absolute atomic E-state index is 0.0714. The minimum Gasteiger partial charge on any atom is -0.462 e. The Hall–Kier alpha value is -5.13. The maximum atomic E-state index is 13.6. The van der Waals surface area contributed by atoms with Crippen molar-refractivity contribution in [2.45, 2.75) is 37.5 Å². The number of aromatic amines is 1. The Morgan fingerprint density at radius 3 is 2.56 bits per heavy atom. The Balaban J connectivity index is 1.15. The van der Waals surface area contributed by atoms with E-state index in [1.165, 1.54) is 23.1 Å². The number of hydrogen-bond acceptors (Lipinski definition) is 7. The number of hydrogen-bond donors (Lipinski definition) is 4. The molecule has 0 saturated heterocycles. The first-order valence-corrected chi connectivity index (χ1v) is 17.5. The van der Waals surface area contributed by atoms with Gasteiger partial charge in [0.25, 0.3) is 11.8 Å². The summed E-state index contributed by atoms with van der Waals surface area (Å²) in [5, 5.41) is 10.1. The van der Waals surface area contributed by atoms with E-state index in [1.807, 2.05) is 36.4 Å². The van der Waals surface area contributed by atoms with E-state index >= 15 is 0 Å². The largest absolute Gasteiger partial charge is 0.462 e. The number of rotatable bonds is 11. The molecule has 1 aliphatic carbocycles. The van der Waals surface area contributed by atoms with Gasteiger partial charge in [-0.3, -0.25) is 14.4 Å². The number of aromatic nitrogens is 1. The number of amides is 3. The van der Waals surface area contributed by atoms with Crippen LogP contribution in [-0.4, -0.2) is 41.0 Å². The van der Waals surface area contributed by atoms with E-state index in [9.17, 15) is 19.2 Å². The number of aryl methyl sites for hydroxylation is 1. The summed E-state index contributed by atoms with van der Waals surface area (Å²) in [4.78, 5) is 57.6. The first-order valence-electron chi connectivity index (χ1n) is 15.7. The minimum atomic E-state index is -0.502. The van der Waals surface area contributed by atoms with Gasteiger partial charge in [-0.15, -0.1) is 23.1 Å². The van der Waals surface area contributed by atoms with Gasteiger partial charge >= 0.3 is 5.97 Å². The number of carbonyl (C=O) groups is 4. The van der Waals surface area contributed by atoms with Gasteiger partial charge in [0.15, 0.2) is 0 Å². The molecular weight excluding hydrogens is 645 g/mol. The SMILES string of the molecule is CCOC(=O)c1c(NC(=O)CSc2cccc(NC(=O)/C(=C/c3c[nH]c4ccccc34)NC(=O)c3ccccc3)c2)sc2c1CCCC2. The summed E-state index contributed by atoms with van der Waals surface area (Å²) in [6.45, 7) is 2.03. The maximum Gasteiger partial charge on any atom is 0.341 e. The van der Waals surface area contributed by atoms with Gasteiger partial charge in [0, 0.05) is 43.7 Å². The topological polar surface area (TPSA) is 129 Å². The Kier molecular flexibility index (Phi) is 10.4. The van der Waals surface area contributed by atoms with Gasteiger partial charge in [-0.2, -0.15) is 0 Å². The van der Waals surface area contributed by atoms with Gasteiger partial charge in [0.05, 0.1) is 17.9 Å². The number of H-pyrrole nitrogens is 1. The molecule has 0 aliphatic heterocycles. The Labute approximate surface area is 286 Å². The summed E-state index contributed by atoms with van der Waals surface area (Å²) in [7, 11) is 0. The predicted molar refractivity (Wildman–Crippen MR) is 192 cm³/mol. The van der Waals surface area contributed by atoms with E-state index in [1.54, 1.807) is 61.7 Å². The van der Waals surface area contributed by atoms with Crippen LogP contribution in [0.1, 0.15) is 56.5 Å². The molecule has 0 spiro atoms. The van der Waals surface area contributed by atoms with E-state index in [-0.39, 0.29) is 24.0 Å². The molecule has 5 aromatic rings. The second-order valence-corrected chi connectivity index (χ2v) is 13.3. The summed E-state index contributed by atoms with van der Waals surface area (Å²) in [6.07, 6.45) is 7.19. The third-order valence-electron chi connectivity index (χ3n) is 7.82. The number of benzene rings is 3. The van der Waals surface area contributed by atoms with Gasteiger partial charge in [-0.05, 0) is 80.6 Å². The molecule has 0 saturated carbocycles. The van der Waals surface area contributed by atoms with Crippen LogP contribution >= 0.6 is 23.1 Å². The third-order valence-corrected chi connectivity index (χ3v) is 10.0. The fourth-order valence-electron chi connectivity index (χ4n) is 5.56. The van der Waals surface area contributed by atoms with E-state index in [2.05, 4.69) is 20.9 Å². The van der Waals surface area contributed by atoms with E-state index in [4.69, 9.17) is 4.74 Å².